The molecule has 1 heterocycles. The molecule has 0 aliphatic carbocycles. The first-order valence-corrected chi connectivity index (χ1v) is 7.66. The summed E-state index contributed by atoms with van der Waals surface area (Å²) in [4.78, 5) is 0. The molecule has 0 spiro atoms. The lowest BCUT2D eigenvalue weighted by molar-refractivity contribution is 0.171. The van der Waals surface area contributed by atoms with Gasteiger partial charge in [0.25, 0.3) is 0 Å². The Balaban J connectivity index is 1.86. The summed E-state index contributed by atoms with van der Waals surface area (Å²) in [7, 11) is 0. The maximum atomic E-state index is 9.50. The van der Waals surface area contributed by atoms with Gasteiger partial charge in [0, 0.05) is 10.0 Å². The third-order valence-electron chi connectivity index (χ3n) is 3.56. The molecule has 0 bridgehead atoms. The lowest BCUT2D eigenvalue weighted by atomic mass is 9.93. The summed E-state index contributed by atoms with van der Waals surface area (Å²) in [5.74, 6) is 1.09. The van der Waals surface area contributed by atoms with E-state index in [1.54, 1.807) is 12.1 Å². The molecule has 1 unspecified atom stereocenters. The van der Waals surface area contributed by atoms with Crippen molar-refractivity contribution in [2.45, 2.75) is 12.3 Å². The molecule has 0 saturated carbocycles. The number of benzene rings is 2. The van der Waals surface area contributed by atoms with E-state index in [9.17, 15) is 5.26 Å². The van der Waals surface area contributed by atoms with Gasteiger partial charge in [0.15, 0.2) is 11.5 Å². The lowest BCUT2D eigenvalue weighted by Gasteiger charge is -2.20. The van der Waals surface area contributed by atoms with Gasteiger partial charge in [0.1, 0.15) is 13.2 Å². The van der Waals surface area contributed by atoms with Crippen LogP contribution in [0.25, 0.3) is 0 Å². The molecule has 1 aliphatic rings. The Morgan fingerprint density at radius 1 is 1.05 bits per heavy atom. The van der Waals surface area contributed by atoms with Crippen LogP contribution in [0.3, 0.4) is 0 Å². The topological polar surface area (TPSA) is 42.2 Å². The SMILES string of the molecule is N#CC(Cc1ccc(Cl)cc1Cl)c1ccc2c(c1)OCCO2. The van der Waals surface area contributed by atoms with Gasteiger partial charge < -0.3 is 9.47 Å². The number of halogens is 2. The predicted molar refractivity (Wildman–Crippen MR) is 86.0 cm³/mol. The van der Waals surface area contributed by atoms with Crippen LogP contribution < -0.4 is 9.47 Å². The van der Waals surface area contributed by atoms with E-state index >= 15 is 0 Å². The Hall–Kier alpha value is -1.89. The van der Waals surface area contributed by atoms with Crippen molar-refractivity contribution < 1.29 is 9.47 Å². The second kappa shape index (κ2) is 6.48. The number of hydrogen-bond acceptors (Lipinski definition) is 3. The molecule has 1 atom stereocenters. The highest BCUT2D eigenvalue weighted by Gasteiger charge is 2.18. The van der Waals surface area contributed by atoms with Crippen molar-refractivity contribution in [1.82, 2.24) is 0 Å². The molecule has 1 aliphatic heterocycles. The smallest absolute Gasteiger partial charge is 0.161 e. The van der Waals surface area contributed by atoms with Crippen LogP contribution in [0.1, 0.15) is 17.0 Å². The fraction of sp³-hybridized carbons (Fsp3) is 0.235. The van der Waals surface area contributed by atoms with E-state index in [1.165, 1.54) is 0 Å². The molecule has 5 heteroatoms. The molecule has 0 N–H and O–H groups in total. The van der Waals surface area contributed by atoms with Crippen LogP contribution >= 0.6 is 23.2 Å². The second-order valence-corrected chi connectivity index (χ2v) is 5.87. The van der Waals surface area contributed by atoms with E-state index in [4.69, 9.17) is 32.7 Å². The van der Waals surface area contributed by atoms with Crippen molar-refractivity contribution in [3.05, 3.63) is 57.6 Å². The largest absolute Gasteiger partial charge is 0.486 e. The van der Waals surface area contributed by atoms with Crippen molar-refractivity contribution in [3.8, 4) is 17.6 Å². The molecule has 0 amide bonds. The molecule has 2 aromatic carbocycles. The molecule has 22 heavy (non-hydrogen) atoms. The van der Waals surface area contributed by atoms with E-state index in [0.717, 1.165) is 16.9 Å². The Bertz CT molecular complexity index is 740. The second-order valence-electron chi connectivity index (χ2n) is 5.02. The molecule has 0 fully saturated rings. The highest BCUT2D eigenvalue weighted by atomic mass is 35.5. The molecular weight excluding hydrogens is 321 g/mol. The van der Waals surface area contributed by atoms with Crippen LogP contribution in [0, 0.1) is 11.3 Å². The molecule has 2 aromatic rings. The standard InChI is InChI=1S/C17H13Cl2NO2/c18-14-3-1-12(15(19)9-14)7-13(10-20)11-2-4-16-17(8-11)22-6-5-21-16/h1-4,8-9,13H,5-7H2. The minimum Gasteiger partial charge on any atom is -0.486 e. The Kier molecular flexibility index (Phi) is 4.42. The Morgan fingerprint density at radius 3 is 2.55 bits per heavy atom. The zero-order valence-corrected chi connectivity index (χ0v) is 13.2. The van der Waals surface area contributed by atoms with E-state index in [2.05, 4.69) is 6.07 Å². The van der Waals surface area contributed by atoms with Crippen molar-refractivity contribution in [2.75, 3.05) is 13.2 Å². The van der Waals surface area contributed by atoms with Crippen LogP contribution in [-0.2, 0) is 6.42 Å². The summed E-state index contributed by atoms with van der Waals surface area (Å²) in [5, 5.41) is 10.7. The molecule has 0 saturated heterocycles. The molecule has 112 valence electrons. The van der Waals surface area contributed by atoms with Crippen molar-refractivity contribution in [2.24, 2.45) is 0 Å². The number of rotatable bonds is 3. The zero-order valence-electron chi connectivity index (χ0n) is 11.7. The maximum absolute atomic E-state index is 9.50. The third-order valence-corrected chi connectivity index (χ3v) is 4.15. The number of fused-ring (bicyclic) bond motifs is 1. The minimum absolute atomic E-state index is 0.311. The van der Waals surface area contributed by atoms with Crippen molar-refractivity contribution in [3.63, 3.8) is 0 Å². The maximum Gasteiger partial charge on any atom is 0.161 e. The average Bonchev–Trinajstić information content (AvgIpc) is 2.54. The third kappa shape index (κ3) is 3.14. The van der Waals surface area contributed by atoms with Crippen LogP contribution in [0.2, 0.25) is 10.0 Å². The molecular formula is C17H13Cl2NO2. The summed E-state index contributed by atoms with van der Waals surface area (Å²) in [5.41, 5.74) is 1.78. The van der Waals surface area contributed by atoms with Gasteiger partial charge in [0.2, 0.25) is 0 Å². The van der Waals surface area contributed by atoms with Gasteiger partial charge in [-0.05, 0) is 41.8 Å². The van der Waals surface area contributed by atoms with Crippen LogP contribution in [0.5, 0.6) is 11.5 Å². The summed E-state index contributed by atoms with van der Waals surface area (Å²) in [6, 6.07) is 13.3. The quantitative estimate of drug-likeness (QED) is 0.823. The lowest BCUT2D eigenvalue weighted by Crippen LogP contribution is -2.15. The summed E-state index contributed by atoms with van der Waals surface area (Å²) in [6.45, 7) is 1.07. The molecule has 3 rings (SSSR count). The number of nitrogens with zero attached hydrogens (tertiary/aromatic N) is 1. The normalized spacial score (nSPS) is 14.2. The van der Waals surface area contributed by atoms with Gasteiger partial charge >= 0.3 is 0 Å². The van der Waals surface area contributed by atoms with E-state index < -0.39 is 0 Å². The summed E-state index contributed by atoms with van der Waals surface area (Å²) >= 11 is 12.1. The number of hydrogen-bond donors (Lipinski definition) is 0. The Labute approximate surface area is 139 Å². The van der Waals surface area contributed by atoms with Crippen molar-refractivity contribution in [1.29, 1.82) is 5.26 Å². The highest BCUT2D eigenvalue weighted by Crippen LogP contribution is 2.34. The van der Waals surface area contributed by atoms with Gasteiger partial charge in [0.05, 0.1) is 12.0 Å². The van der Waals surface area contributed by atoms with Gasteiger partial charge in [-0.3, -0.25) is 0 Å². The first kappa shape index (κ1) is 15.0. The van der Waals surface area contributed by atoms with Gasteiger partial charge in [-0.1, -0.05) is 35.3 Å². The van der Waals surface area contributed by atoms with Crippen LogP contribution in [0.4, 0.5) is 0 Å². The van der Waals surface area contributed by atoms with E-state index in [-0.39, 0.29) is 5.92 Å². The fourth-order valence-corrected chi connectivity index (χ4v) is 2.91. The van der Waals surface area contributed by atoms with Gasteiger partial charge in [-0.25, -0.2) is 0 Å². The first-order chi connectivity index (χ1) is 10.7. The van der Waals surface area contributed by atoms with Gasteiger partial charge in [-0.2, -0.15) is 5.26 Å². The number of ether oxygens (including phenoxy) is 2. The molecule has 0 radical (unpaired) electrons. The number of nitriles is 1. The minimum atomic E-state index is -0.311. The molecule has 3 nitrogen and oxygen atoms in total. The van der Waals surface area contributed by atoms with Crippen molar-refractivity contribution >= 4 is 23.2 Å². The monoisotopic (exact) mass is 333 g/mol. The summed E-state index contributed by atoms with van der Waals surface area (Å²) in [6.07, 6.45) is 0.520. The summed E-state index contributed by atoms with van der Waals surface area (Å²) < 4.78 is 11.1. The first-order valence-electron chi connectivity index (χ1n) is 6.90. The van der Waals surface area contributed by atoms with Crippen LogP contribution in [-0.4, -0.2) is 13.2 Å². The zero-order chi connectivity index (χ0) is 15.5. The van der Waals surface area contributed by atoms with Gasteiger partial charge in [-0.15, -0.1) is 0 Å². The highest BCUT2D eigenvalue weighted by molar-refractivity contribution is 6.35. The molecule has 0 aromatic heterocycles. The predicted octanol–water partition coefficient (Wildman–Crippen LogP) is 4.61. The van der Waals surface area contributed by atoms with E-state index in [1.807, 2.05) is 24.3 Å². The average molecular weight is 334 g/mol. The Morgan fingerprint density at radius 2 is 1.82 bits per heavy atom. The van der Waals surface area contributed by atoms with Crippen LogP contribution in [0.15, 0.2) is 36.4 Å². The van der Waals surface area contributed by atoms with E-state index in [0.29, 0.717) is 35.4 Å². The fourth-order valence-electron chi connectivity index (χ4n) is 2.42.